The van der Waals surface area contributed by atoms with Crippen molar-refractivity contribution in [1.29, 1.82) is 0 Å². The lowest BCUT2D eigenvalue weighted by Gasteiger charge is -2.34. The van der Waals surface area contributed by atoms with Gasteiger partial charge in [0.15, 0.2) is 0 Å². The van der Waals surface area contributed by atoms with Gasteiger partial charge in [-0.2, -0.15) is 4.31 Å². The van der Waals surface area contributed by atoms with Crippen LogP contribution in [0.25, 0.3) is 10.2 Å². The summed E-state index contributed by atoms with van der Waals surface area (Å²) < 4.78 is 28.7. The normalized spacial score (nSPS) is 16.5. The van der Waals surface area contributed by atoms with Gasteiger partial charge in [-0.1, -0.05) is 11.6 Å². The quantitative estimate of drug-likeness (QED) is 0.608. The summed E-state index contributed by atoms with van der Waals surface area (Å²) in [6.07, 6.45) is 1.58. The van der Waals surface area contributed by atoms with Crippen LogP contribution in [0, 0.1) is 13.8 Å². The third-order valence-corrected chi connectivity index (χ3v) is 8.57. The molecule has 0 amide bonds. The molecule has 0 radical (unpaired) electrons. The molecule has 154 valence electrons. The number of aromatic nitrogens is 2. The van der Waals surface area contributed by atoms with Crippen molar-refractivity contribution in [3.63, 3.8) is 0 Å². The summed E-state index contributed by atoms with van der Waals surface area (Å²) in [7, 11) is -3.55. The Bertz CT molecular complexity index is 1210. The van der Waals surface area contributed by atoms with E-state index in [0.29, 0.717) is 43.3 Å². The van der Waals surface area contributed by atoms with E-state index in [2.05, 4.69) is 9.88 Å². The second kappa shape index (κ2) is 7.81. The number of aryl methyl sites for hydroxylation is 2. The molecule has 1 aliphatic heterocycles. The highest BCUT2D eigenvalue weighted by atomic mass is 35.5. The molecule has 3 aromatic rings. The van der Waals surface area contributed by atoms with E-state index in [1.807, 2.05) is 13.8 Å². The minimum absolute atomic E-state index is 0.0481. The van der Waals surface area contributed by atoms with Gasteiger partial charge < -0.3 is 0 Å². The highest BCUT2D eigenvalue weighted by molar-refractivity contribution is 7.89. The molecule has 7 nitrogen and oxygen atoms in total. The molecule has 1 fully saturated rings. The molecule has 0 bridgehead atoms. The van der Waals surface area contributed by atoms with Crippen LogP contribution in [0.2, 0.25) is 5.02 Å². The van der Waals surface area contributed by atoms with E-state index in [9.17, 15) is 13.2 Å². The minimum atomic E-state index is -3.55. The maximum Gasteiger partial charge on any atom is 0.263 e. The molecule has 1 aliphatic rings. The lowest BCUT2D eigenvalue weighted by Crippen LogP contribution is -2.49. The number of fused-ring (bicyclic) bond motifs is 1. The molecule has 0 aliphatic carbocycles. The first kappa shape index (κ1) is 20.5. The number of hydrogen-bond acceptors (Lipinski definition) is 6. The van der Waals surface area contributed by atoms with Gasteiger partial charge in [-0.05, 0) is 43.7 Å². The smallest absolute Gasteiger partial charge is 0.263 e. The molecular weight excluding hydrogens is 432 g/mol. The number of hydrogen-bond donors (Lipinski definition) is 0. The van der Waals surface area contributed by atoms with Gasteiger partial charge in [0.25, 0.3) is 5.56 Å². The number of thiophene rings is 1. The van der Waals surface area contributed by atoms with Crippen LogP contribution in [-0.2, 0) is 16.7 Å². The Balaban J connectivity index is 1.47. The van der Waals surface area contributed by atoms with Crippen LogP contribution in [0.3, 0.4) is 0 Å². The Morgan fingerprint density at radius 3 is 2.41 bits per heavy atom. The first-order valence-electron chi connectivity index (χ1n) is 9.20. The van der Waals surface area contributed by atoms with Gasteiger partial charge in [0.1, 0.15) is 11.2 Å². The third kappa shape index (κ3) is 3.85. The van der Waals surface area contributed by atoms with Gasteiger partial charge in [-0.15, -0.1) is 11.3 Å². The van der Waals surface area contributed by atoms with Gasteiger partial charge in [-0.25, -0.2) is 13.4 Å². The topological polar surface area (TPSA) is 75.5 Å². The second-order valence-corrected chi connectivity index (χ2v) is 10.7. The fourth-order valence-electron chi connectivity index (χ4n) is 3.45. The van der Waals surface area contributed by atoms with Crippen molar-refractivity contribution in [3.05, 3.63) is 56.4 Å². The Kier molecular flexibility index (Phi) is 5.52. The molecule has 1 saturated heterocycles. The zero-order valence-electron chi connectivity index (χ0n) is 16.1. The molecule has 0 unspecified atom stereocenters. The van der Waals surface area contributed by atoms with Gasteiger partial charge in [-0.3, -0.25) is 14.3 Å². The molecule has 0 atom stereocenters. The summed E-state index contributed by atoms with van der Waals surface area (Å²) in [5.74, 6) is 0. The lowest BCUT2D eigenvalue weighted by atomic mass is 10.2. The molecular formula is C19H21ClN4O3S2. The van der Waals surface area contributed by atoms with E-state index in [-0.39, 0.29) is 10.5 Å². The Hall–Kier alpha value is -1.78. The first-order valence-corrected chi connectivity index (χ1v) is 11.8. The molecule has 3 heterocycles. The third-order valence-electron chi connectivity index (χ3n) is 5.29. The van der Waals surface area contributed by atoms with Gasteiger partial charge >= 0.3 is 0 Å². The summed E-state index contributed by atoms with van der Waals surface area (Å²) in [5.41, 5.74) is 0.934. The van der Waals surface area contributed by atoms with Gasteiger partial charge in [0, 0.05) is 36.1 Å². The van der Waals surface area contributed by atoms with Crippen molar-refractivity contribution < 1.29 is 8.42 Å². The predicted octanol–water partition coefficient (Wildman–Crippen LogP) is 2.69. The molecule has 10 heteroatoms. The van der Waals surface area contributed by atoms with E-state index >= 15 is 0 Å². The summed E-state index contributed by atoms with van der Waals surface area (Å²) in [4.78, 5) is 21.5. The molecule has 2 aromatic heterocycles. The number of sulfonamides is 1. The molecule has 0 saturated carbocycles. The summed E-state index contributed by atoms with van der Waals surface area (Å²) in [6, 6.07) is 6.20. The van der Waals surface area contributed by atoms with E-state index < -0.39 is 10.0 Å². The summed E-state index contributed by atoms with van der Waals surface area (Å²) in [6.45, 7) is 6.15. The van der Waals surface area contributed by atoms with Crippen LogP contribution in [-0.4, -0.2) is 53.4 Å². The predicted molar refractivity (Wildman–Crippen MR) is 115 cm³/mol. The lowest BCUT2D eigenvalue weighted by molar-refractivity contribution is 0.150. The maximum absolute atomic E-state index is 12.9. The van der Waals surface area contributed by atoms with E-state index in [0.717, 1.165) is 15.3 Å². The van der Waals surface area contributed by atoms with Crippen molar-refractivity contribution in [2.75, 3.05) is 26.2 Å². The first-order chi connectivity index (χ1) is 13.8. The van der Waals surface area contributed by atoms with Crippen LogP contribution >= 0.6 is 22.9 Å². The molecule has 1 aromatic carbocycles. The minimum Gasteiger partial charge on any atom is -0.285 e. The van der Waals surface area contributed by atoms with Crippen molar-refractivity contribution in [1.82, 2.24) is 18.8 Å². The van der Waals surface area contributed by atoms with Crippen LogP contribution in [0.4, 0.5) is 0 Å². The van der Waals surface area contributed by atoms with Crippen molar-refractivity contribution in [2.45, 2.75) is 25.4 Å². The average molecular weight is 453 g/mol. The van der Waals surface area contributed by atoms with E-state index in [1.54, 1.807) is 23.0 Å². The Labute approximate surface area is 178 Å². The van der Waals surface area contributed by atoms with Crippen LogP contribution in [0.15, 0.2) is 40.3 Å². The van der Waals surface area contributed by atoms with Gasteiger partial charge in [0.2, 0.25) is 10.0 Å². The van der Waals surface area contributed by atoms with Crippen LogP contribution < -0.4 is 5.56 Å². The molecule has 0 N–H and O–H groups in total. The Morgan fingerprint density at radius 1 is 1.10 bits per heavy atom. The average Bonchev–Trinajstić information content (AvgIpc) is 2.99. The largest absolute Gasteiger partial charge is 0.285 e. The van der Waals surface area contributed by atoms with Crippen molar-refractivity contribution in [2.24, 2.45) is 0 Å². The highest BCUT2D eigenvalue weighted by Crippen LogP contribution is 2.25. The zero-order valence-corrected chi connectivity index (χ0v) is 18.5. The molecule has 29 heavy (non-hydrogen) atoms. The summed E-state index contributed by atoms with van der Waals surface area (Å²) >= 11 is 7.39. The zero-order chi connectivity index (χ0) is 20.8. The second-order valence-electron chi connectivity index (χ2n) is 7.10. The fraction of sp³-hybridized carbons (Fsp3) is 0.368. The number of piperazine rings is 1. The Morgan fingerprint density at radius 2 is 1.76 bits per heavy atom. The van der Waals surface area contributed by atoms with Crippen molar-refractivity contribution in [3.8, 4) is 0 Å². The maximum atomic E-state index is 12.9. The standard InChI is InChI=1S/C19H21ClN4O3S2/c1-13-14(2)28-18-17(13)19(25)23(11-21-18)12-22-7-9-24(10-8-22)29(26,27)16-5-3-15(20)4-6-16/h3-6,11H,7-10,12H2,1-2H3. The van der Waals surface area contributed by atoms with E-state index in [1.165, 1.54) is 27.8 Å². The van der Waals surface area contributed by atoms with Gasteiger partial charge in [0.05, 0.1) is 17.0 Å². The monoisotopic (exact) mass is 452 g/mol. The number of nitrogens with zero attached hydrogens (tertiary/aromatic N) is 4. The fourth-order valence-corrected chi connectivity index (χ4v) is 5.99. The molecule has 4 rings (SSSR count). The number of halogens is 1. The number of rotatable bonds is 4. The van der Waals surface area contributed by atoms with E-state index in [4.69, 9.17) is 11.6 Å². The molecule has 0 spiro atoms. The number of benzene rings is 1. The van der Waals surface area contributed by atoms with Crippen molar-refractivity contribution >= 4 is 43.2 Å². The SMILES string of the molecule is Cc1sc2ncn(CN3CCN(S(=O)(=O)c4ccc(Cl)cc4)CC3)c(=O)c2c1C. The highest BCUT2D eigenvalue weighted by Gasteiger charge is 2.28. The van der Waals surface area contributed by atoms with Crippen LogP contribution in [0.1, 0.15) is 10.4 Å². The van der Waals surface area contributed by atoms with Crippen LogP contribution in [0.5, 0.6) is 0 Å². The summed E-state index contributed by atoms with van der Waals surface area (Å²) in [5, 5.41) is 1.18.